The minimum absolute atomic E-state index is 0.249. The van der Waals surface area contributed by atoms with Gasteiger partial charge in [-0.25, -0.2) is 14.8 Å². The van der Waals surface area contributed by atoms with Crippen LogP contribution in [-0.2, 0) is 9.53 Å². The van der Waals surface area contributed by atoms with E-state index >= 15 is 0 Å². The van der Waals surface area contributed by atoms with Crippen LogP contribution in [-0.4, -0.2) is 35.1 Å². The molecule has 0 bridgehead atoms. The summed E-state index contributed by atoms with van der Waals surface area (Å²) in [5, 5.41) is 8.81. The zero-order valence-electron chi connectivity index (χ0n) is 10.2. The van der Waals surface area contributed by atoms with Crippen LogP contribution in [0.4, 0.5) is 5.95 Å². The van der Waals surface area contributed by atoms with Crippen LogP contribution in [0, 0.1) is 11.3 Å². The number of ether oxygens (including phenoxy) is 1. The maximum Gasteiger partial charge on any atom is 0.328 e. The van der Waals surface area contributed by atoms with Gasteiger partial charge in [0.2, 0.25) is 5.95 Å². The van der Waals surface area contributed by atoms with Gasteiger partial charge in [0.05, 0.1) is 6.61 Å². The van der Waals surface area contributed by atoms with Crippen LogP contribution in [0.3, 0.4) is 0 Å². The van der Waals surface area contributed by atoms with Crippen LogP contribution >= 0.6 is 0 Å². The number of carbonyl (C=O) groups excluding carboxylic acids is 1. The average molecular weight is 246 g/mol. The summed E-state index contributed by atoms with van der Waals surface area (Å²) in [5.74, 6) is 0.172. The second kappa shape index (κ2) is 5.45. The Kier molecular flexibility index (Phi) is 3.72. The van der Waals surface area contributed by atoms with Crippen LogP contribution < -0.4 is 4.90 Å². The first-order chi connectivity index (χ1) is 8.76. The normalized spacial score (nSPS) is 18.4. The van der Waals surface area contributed by atoms with Crippen molar-refractivity contribution in [3.05, 3.63) is 18.0 Å². The summed E-state index contributed by atoms with van der Waals surface area (Å²) in [6.07, 6.45) is 3.16. The molecule has 18 heavy (non-hydrogen) atoms. The Morgan fingerprint density at radius 1 is 1.72 bits per heavy atom. The molecule has 2 heterocycles. The zero-order valence-corrected chi connectivity index (χ0v) is 10.2. The summed E-state index contributed by atoms with van der Waals surface area (Å²) in [7, 11) is 0. The number of hydrogen-bond acceptors (Lipinski definition) is 6. The molecule has 94 valence electrons. The number of esters is 1. The molecular weight excluding hydrogens is 232 g/mol. The molecule has 0 spiro atoms. The number of nitrogens with zero attached hydrogens (tertiary/aromatic N) is 4. The fourth-order valence-corrected chi connectivity index (χ4v) is 2.04. The molecule has 1 aromatic heterocycles. The molecular formula is C12H14N4O2. The molecule has 6 heteroatoms. The van der Waals surface area contributed by atoms with Crippen molar-refractivity contribution in [2.75, 3.05) is 18.1 Å². The van der Waals surface area contributed by atoms with Gasteiger partial charge in [-0.2, -0.15) is 5.26 Å². The topological polar surface area (TPSA) is 79.1 Å². The van der Waals surface area contributed by atoms with Crippen molar-refractivity contribution in [3.63, 3.8) is 0 Å². The Balaban J connectivity index is 2.20. The van der Waals surface area contributed by atoms with Crippen LogP contribution in [0.1, 0.15) is 25.5 Å². The van der Waals surface area contributed by atoms with Crippen molar-refractivity contribution in [3.8, 4) is 6.07 Å². The number of anilines is 1. The van der Waals surface area contributed by atoms with E-state index in [2.05, 4.69) is 9.97 Å². The molecule has 2 rings (SSSR count). The number of hydrogen-bond donors (Lipinski definition) is 0. The predicted octanol–water partition coefficient (Wildman–Crippen LogP) is 0.880. The van der Waals surface area contributed by atoms with Crippen LogP contribution in [0.5, 0.6) is 0 Å². The van der Waals surface area contributed by atoms with Crippen LogP contribution in [0.2, 0.25) is 0 Å². The van der Waals surface area contributed by atoms with E-state index in [1.807, 2.05) is 6.07 Å². The lowest BCUT2D eigenvalue weighted by Crippen LogP contribution is -2.38. The summed E-state index contributed by atoms with van der Waals surface area (Å²) in [5.41, 5.74) is 0.300. The van der Waals surface area contributed by atoms with Crippen molar-refractivity contribution < 1.29 is 9.53 Å². The first-order valence-electron chi connectivity index (χ1n) is 5.92. The van der Waals surface area contributed by atoms with E-state index in [0.717, 1.165) is 12.8 Å². The monoisotopic (exact) mass is 246 g/mol. The van der Waals surface area contributed by atoms with Crippen LogP contribution in [0.15, 0.2) is 12.3 Å². The van der Waals surface area contributed by atoms with Crippen molar-refractivity contribution in [1.29, 1.82) is 5.26 Å². The molecule has 0 aliphatic carbocycles. The highest BCUT2D eigenvalue weighted by Crippen LogP contribution is 2.23. The van der Waals surface area contributed by atoms with E-state index in [9.17, 15) is 4.79 Å². The lowest BCUT2D eigenvalue weighted by molar-refractivity contribution is -0.144. The molecule has 0 saturated carbocycles. The Morgan fingerprint density at radius 3 is 3.28 bits per heavy atom. The lowest BCUT2D eigenvalue weighted by Gasteiger charge is -2.22. The number of aromatic nitrogens is 2. The third-order valence-electron chi connectivity index (χ3n) is 2.83. The van der Waals surface area contributed by atoms with Gasteiger partial charge in [0.25, 0.3) is 0 Å². The molecule has 0 amide bonds. The van der Waals surface area contributed by atoms with Gasteiger partial charge in [0.15, 0.2) is 0 Å². The Morgan fingerprint density at radius 2 is 2.56 bits per heavy atom. The van der Waals surface area contributed by atoms with Gasteiger partial charge in [0.1, 0.15) is 17.8 Å². The maximum absolute atomic E-state index is 11.8. The van der Waals surface area contributed by atoms with E-state index in [1.165, 1.54) is 6.20 Å². The lowest BCUT2D eigenvalue weighted by atomic mass is 10.2. The van der Waals surface area contributed by atoms with Crippen molar-refractivity contribution >= 4 is 11.9 Å². The van der Waals surface area contributed by atoms with Gasteiger partial charge in [-0.3, -0.25) is 0 Å². The van der Waals surface area contributed by atoms with Crippen LogP contribution in [0.25, 0.3) is 0 Å². The Hall–Kier alpha value is -2.16. The third-order valence-corrected chi connectivity index (χ3v) is 2.83. The Labute approximate surface area is 105 Å². The second-order valence-corrected chi connectivity index (χ2v) is 3.96. The number of carbonyl (C=O) groups is 1. The molecule has 6 nitrogen and oxygen atoms in total. The SMILES string of the molecule is CCOC(=O)C1CCCN1c1nccc(C#N)n1. The van der Waals surface area contributed by atoms with Gasteiger partial charge >= 0.3 is 5.97 Å². The van der Waals surface area contributed by atoms with Crippen molar-refractivity contribution in [1.82, 2.24) is 9.97 Å². The van der Waals surface area contributed by atoms with E-state index in [1.54, 1.807) is 17.9 Å². The third kappa shape index (κ3) is 2.40. The Bertz CT molecular complexity index is 483. The molecule has 1 aromatic rings. The standard InChI is InChI=1S/C12H14N4O2/c1-2-18-11(17)10-4-3-7-16(10)12-14-6-5-9(8-13)15-12/h5-6,10H,2-4,7H2,1H3. The highest BCUT2D eigenvalue weighted by atomic mass is 16.5. The molecule has 1 saturated heterocycles. The first-order valence-corrected chi connectivity index (χ1v) is 5.92. The van der Waals surface area contributed by atoms with E-state index in [0.29, 0.717) is 24.8 Å². The zero-order chi connectivity index (χ0) is 13.0. The summed E-state index contributed by atoms with van der Waals surface area (Å²) in [6.45, 7) is 2.85. The molecule has 1 fully saturated rings. The van der Waals surface area contributed by atoms with E-state index in [-0.39, 0.29) is 12.0 Å². The number of rotatable bonds is 3. The quantitative estimate of drug-likeness (QED) is 0.736. The fraction of sp³-hybridized carbons (Fsp3) is 0.500. The van der Waals surface area contributed by atoms with E-state index in [4.69, 9.17) is 10.00 Å². The maximum atomic E-state index is 11.8. The van der Waals surface area contributed by atoms with Gasteiger partial charge in [0, 0.05) is 12.7 Å². The molecule has 1 aliphatic rings. The number of nitriles is 1. The molecule has 0 N–H and O–H groups in total. The minimum atomic E-state index is -0.334. The average Bonchev–Trinajstić information content (AvgIpc) is 2.88. The van der Waals surface area contributed by atoms with Crippen molar-refractivity contribution in [2.24, 2.45) is 0 Å². The summed E-state index contributed by atoms with van der Waals surface area (Å²) < 4.78 is 5.03. The highest BCUT2D eigenvalue weighted by Gasteiger charge is 2.33. The molecule has 1 aliphatic heterocycles. The van der Waals surface area contributed by atoms with Gasteiger partial charge in [-0.1, -0.05) is 0 Å². The largest absolute Gasteiger partial charge is 0.464 e. The van der Waals surface area contributed by atoms with Gasteiger partial charge < -0.3 is 9.64 Å². The summed E-state index contributed by atoms with van der Waals surface area (Å²) in [6, 6.07) is 3.17. The fourth-order valence-electron chi connectivity index (χ4n) is 2.04. The highest BCUT2D eigenvalue weighted by molar-refractivity contribution is 5.80. The molecule has 0 radical (unpaired) electrons. The molecule has 0 aromatic carbocycles. The summed E-state index contributed by atoms with van der Waals surface area (Å²) in [4.78, 5) is 21.8. The van der Waals surface area contributed by atoms with Gasteiger partial charge in [-0.05, 0) is 25.8 Å². The van der Waals surface area contributed by atoms with Gasteiger partial charge in [-0.15, -0.1) is 0 Å². The van der Waals surface area contributed by atoms with Crippen molar-refractivity contribution in [2.45, 2.75) is 25.8 Å². The minimum Gasteiger partial charge on any atom is -0.464 e. The summed E-state index contributed by atoms with van der Waals surface area (Å²) >= 11 is 0. The first kappa shape index (κ1) is 12.3. The van der Waals surface area contributed by atoms with E-state index < -0.39 is 0 Å². The molecule has 1 atom stereocenters. The molecule has 1 unspecified atom stereocenters. The second-order valence-electron chi connectivity index (χ2n) is 3.96. The predicted molar refractivity (Wildman–Crippen MR) is 63.7 cm³/mol. The smallest absolute Gasteiger partial charge is 0.328 e.